The number of hydrogen-bond acceptors (Lipinski definition) is 4. The maximum Gasteiger partial charge on any atom is 0.336 e. The highest BCUT2D eigenvalue weighted by molar-refractivity contribution is 7.99. The van der Waals surface area contributed by atoms with Gasteiger partial charge in [-0.15, -0.1) is 11.8 Å². The van der Waals surface area contributed by atoms with Crippen LogP contribution in [0, 0.1) is 13.8 Å². The second-order valence-electron chi connectivity index (χ2n) is 6.94. The van der Waals surface area contributed by atoms with Crippen LogP contribution in [0.2, 0.25) is 0 Å². The molecule has 2 heterocycles. The first-order valence-electron chi connectivity index (χ1n) is 9.03. The molecule has 0 bridgehead atoms. The Morgan fingerprint density at radius 3 is 2.78 bits per heavy atom. The molecule has 1 aliphatic rings. The number of rotatable bonds is 4. The number of carbonyl (C=O) groups excluding carboxylic acids is 1. The van der Waals surface area contributed by atoms with Gasteiger partial charge in [0.05, 0.1) is 5.75 Å². The number of anilines is 1. The number of hydrogen-bond donors (Lipinski definition) is 0. The Bertz CT molecular complexity index is 1090. The van der Waals surface area contributed by atoms with Gasteiger partial charge in [0, 0.05) is 29.4 Å². The number of fused-ring (bicyclic) bond motifs is 2. The summed E-state index contributed by atoms with van der Waals surface area (Å²) in [5, 5.41) is 0.948. The van der Waals surface area contributed by atoms with Crippen molar-refractivity contribution >= 4 is 34.3 Å². The van der Waals surface area contributed by atoms with E-state index in [1.165, 1.54) is 17.3 Å². The molecular formula is C22H21NO3S. The molecular weight excluding hydrogens is 358 g/mol. The molecule has 0 atom stereocenters. The van der Waals surface area contributed by atoms with Crippen molar-refractivity contribution in [3.05, 3.63) is 75.1 Å². The number of amides is 1. The summed E-state index contributed by atoms with van der Waals surface area (Å²) in [4.78, 5) is 26.4. The SMILES string of the molecule is Cc1cc2oc(=O)cc(CSCC(=O)N3CCc4ccccc43)c2cc1C. The predicted molar refractivity (Wildman–Crippen MR) is 111 cm³/mol. The summed E-state index contributed by atoms with van der Waals surface area (Å²) >= 11 is 1.54. The van der Waals surface area contributed by atoms with Crippen LogP contribution < -0.4 is 10.5 Å². The fourth-order valence-corrected chi connectivity index (χ4v) is 4.42. The van der Waals surface area contributed by atoms with E-state index in [1.807, 2.05) is 43.0 Å². The fourth-order valence-electron chi connectivity index (χ4n) is 3.53. The average molecular weight is 379 g/mol. The summed E-state index contributed by atoms with van der Waals surface area (Å²) in [6.07, 6.45) is 0.912. The van der Waals surface area contributed by atoms with E-state index >= 15 is 0 Å². The zero-order chi connectivity index (χ0) is 19.0. The van der Waals surface area contributed by atoms with E-state index in [0.29, 0.717) is 17.1 Å². The van der Waals surface area contributed by atoms with Crippen LogP contribution in [-0.4, -0.2) is 18.2 Å². The minimum atomic E-state index is -0.346. The molecule has 0 radical (unpaired) electrons. The van der Waals surface area contributed by atoms with Crippen LogP contribution >= 0.6 is 11.8 Å². The van der Waals surface area contributed by atoms with Crippen molar-refractivity contribution in [2.45, 2.75) is 26.0 Å². The number of carbonyl (C=O) groups is 1. The quantitative estimate of drug-likeness (QED) is 0.637. The number of para-hydroxylation sites is 1. The monoisotopic (exact) mass is 379 g/mol. The summed E-state index contributed by atoms with van der Waals surface area (Å²) < 4.78 is 5.35. The summed E-state index contributed by atoms with van der Waals surface area (Å²) in [5.74, 6) is 1.11. The molecule has 1 aromatic heterocycles. The smallest absolute Gasteiger partial charge is 0.336 e. The van der Waals surface area contributed by atoms with Gasteiger partial charge >= 0.3 is 5.63 Å². The van der Waals surface area contributed by atoms with Gasteiger partial charge in [0.1, 0.15) is 5.58 Å². The number of nitrogens with zero attached hydrogens (tertiary/aromatic N) is 1. The van der Waals surface area contributed by atoms with Crippen LogP contribution in [-0.2, 0) is 17.0 Å². The first-order valence-corrected chi connectivity index (χ1v) is 10.2. The summed E-state index contributed by atoms with van der Waals surface area (Å²) in [6.45, 7) is 4.79. The van der Waals surface area contributed by atoms with E-state index in [-0.39, 0.29) is 11.5 Å². The molecule has 4 nitrogen and oxygen atoms in total. The molecule has 0 saturated carbocycles. The van der Waals surface area contributed by atoms with Crippen LogP contribution in [0.3, 0.4) is 0 Å². The van der Waals surface area contributed by atoms with E-state index in [4.69, 9.17) is 4.42 Å². The Morgan fingerprint density at radius 2 is 1.93 bits per heavy atom. The van der Waals surface area contributed by atoms with Crippen molar-refractivity contribution < 1.29 is 9.21 Å². The van der Waals surface area contributed by atoms with Gasteiger partial charge in [0.15, 0.2) is 0 Å². The molecule has 1 aliphatic heterocycles. The Hall–Kier alpha value is -2.53. The molecule has 2 aromatic carbocycles. The zero-order valence-corrected chi connectivity index (χ0v) is 16.3. The van der Waals surface area contributed by atoms with Gasteiger partial charge in [-0.2, -0.15) is 0 Å². The largest absolute Gasteiger partial charge is 0.423 e. The predicted octanol–water partition coefficient (Wildman–Crippen LogP) is 4.23. The van der Waals surface area contributed by atoms with Crippen LogP contribution in [0.4, 0.5) is 5.69 Å². The average Bonchev–Trinajstić information content (AvgIpc) is 3.07. The van der Waals surface area contributed by atoms with Gasteiger partial charge in [0.2, 0.25) is 5.91 Å². The Balaban J connectivity index is 1.49. The maximum absolute atomic E-state index is 12.7. The fraction of sp³-hybridized carbons (Fsp3) is 0.273. The van der Waals surface area contributed by atoms with Crippen molar-refractivity contribution in [1.29, 1.82) is 0 Å². The van der Waals surface area contributed by atoms with Crippen molar-refractivity contribution in [2.75, 3.05) is 17.2 Å². The van der Waals surface area contributed by atoms with Crippen molar-refractivity contribution in [3.8, 4) is 0 Å². The van der Waals surface area contributed by atoms with E-state index in [1.54, 1.807) is 6.07 Å². The second kappa shape index (κ2) is 7.24. The van der Waals surface area contributed by atoms with E-state index in [0.717, 1.165) is 40.7 Å². The molecule has 138 valence electrons. The highest BCUT2D eigenvalue weighted by Crippen LogP contribution is 2.29. The number of thioether (sulfide) groups is 1. The lowest BCUT2D eigenvalue weighted by molar-refractivity contribution is -0.116. The van der Waals surface area contributed by atoms with Gasteiger partial charge in [-0.1, -0.05) is 18.2 Å². The Kier molecular flexibility index (Phi) is 4.79. The number of aryl methyl sites for hydroxylation is 2. The lowest BCUT2D eigenvalue weighted by Crippen LogP contribution is -2.30. The summed E-state index contributed by atoms with van der Waals surface area (Å²) in [6, 6.07) is 13.6. The molecule has 0 spiro atoms. The summed E-state index contributed by atoms with van der Waals surface area (Å²) in [7, 11) is 0. The molecule has 1 amide bonds. The van der Waals surface area contributed by atoms with Crippen LogP contribution in [0.15, 0.2) is 51.7 Å². The first-order chi connectivity index (χ1) is 13.0. The molecule has 3 aromatic rings. The third-order valence-corrected chi connectivity index (χ3v) is 6.08. The lowest BCUT2D eigenvalue weighted by Gasteiger charge is -2.17. The van der Waals surface area contributed by atoms with Gasteiger partial charge in [0.25, 0.3) is 0 Å². The topological polar surface area (TPSA) is 50.5 Å². The molecule has 0 saturated heterocycles. The molecule has 0 unspecified atom stereocenters. The molecule has 0 aliphatic carbocycles. The Labute approximate surface area is 162 Å². The second-order valence-corrected chi connectivity index (χ2v) is 7.93. The van der Waals surface area contributed by atoms with Crippen molar-refractivity contribution in [1.82, 2.24) is 0 Å². The molecule has 27 heavy (non-hydrogen) atoms. The van der Waals surface area contributed by atoms with Crippen molar-refractivity contribution in [2.24, 2.45) is 0 Å². The minimum Gasteiger partial charge on any atom is -0.423 e. The van der Waals surface area contributed by atoms with E-state index < -0.39 is 0 Å². The first kappa shape index (κ1) is 17.9. The van der Waals surface area contributed by atoms with Gasteiger partial charge in [-0.05, 0) is 60.7 Å². The van der Waals surface area contributed by atoms with Crippen LogP contribution in [0.5, 0.6) is 0 Å². The van der Waals surface area contributed by atoms with E-state index in [2.05, 4.69) is 12.1 Å². The normalized spacial score (nSPS) is 13.2. The molecule has 0 N–H and O–H groups in total. The zero-order valence-electron chi connectivity index (χ0n) is 15.5. The summed E-state index contributed by atoms with van der Waals surface area (Å²) in [5.41, 5.74) is 5.70. The van der Waals surface area contributed by atoms with Gasteiger partial charge in [-0.25, -0.2) is 4.79 Å². The van der Waals surface area contributed by atoms with Crippen LogP contribution in [0.25, 0.3) is 11.0 Å². The highest BCUT2D eigenvalue weighted by atomic mass is 32.2. The molecule has 0 fully saturated rings. The molecule has 4 rings (SSSR count). The van der Waals surface area contributed by atoms with Gasteiger partial charge < -0.3 is 9.32 Å². The van der Waals surface area contributed by atoms with Crippen molar-refractivity contribution in [3.63, 3.8) is 0 Å². The maximum atomic E-state index is 12.7. The third kappa shape index (κ3) is 3.52. The third-order valence-electron chi connectivity index (χ3n) is 5.12. The van der Waals surface area contributed by atoms with Gasteiger partial charge in [-0.3, -0.25) is 4.79 Å². The lowest BCUT2D eigenvalue weighted by atomic mass is 10.0. The number of benzene rings is 2. The van der Waals surface area contributed by atoms with E-state index in [9.17, 15) is 9.59 Å². The Morgan fingerprint density at radius 1 is 1.15 bits per heavy atom. The highest BCUT2D eigenvalue weighted by Gasteiger charge is 2.23. The standard InChI is InChI=1S/C22H21NO3S/c1-14-9-18-17(11-22(25)26-20(18)10-15(14)2)12-27-13-21(24)23-8-7-16-5-3-4-6-19(16)23/h3-6,9-11H,7-8,12-13H2,1-2H3. The molecule has 5 heteroatoms. The van der Waals surface area contributed by atoms with Crippen LogP contribution in [0.1, 0.15) is 22.3 Å². The minimum absolute atomic E-state index is 0.115.